The Kier molecular flexibility index (Phi) is 4.41. The predicted octanol–water partition coefficient (Wildman–Crippen LogP) is 2.53. The van der Waals surface area contributed by atoms with Crippen molar-refractivity contribution in [1.29, 1.82) is 0 Å². The fourth-order valence-corrected chi connectivity index (χ4v) is 2.37. The molecule has 0 spiro atoms. The van der Waals surface area contributed by atoms with Crippen molar-refractivity contribution in [1.82, 2.24) is 20.0 Å². The molecule has 0 aliphatic carbocycles. The molecule has 1 aromatic carbocycles. The first-order valence-electron chi connectivity index (χ1n) is 6.93. The van der Waals surface area contributed by atoms with E-state index < -0.39 is 0 Å². The molecule has 6 nitrogen and oxygen atoms in total. The number of hydrogen-bond donors (Lipinski definition) is 3. The second kappa shape index (κ2) is 6.64. The zero-order chi connectivity index (χ0) is 15.4. The number of benzene rings is 1. The highest BCUT2D eigenvalue weighted by atomic mass is 35.5. The third-order valence-electron chi connectivity index (χ3n) is 3.23. The molecule has 2 aromatic heterocycles. The van der Waals surface area contributed by atoms with Crippen LogP contribution in [0, 0.1) is 0 Å². The monoisotopic (exact) mass is 317 g/mol. The molecule has 0 aliphatic rings. The zero-order valence-electron chi connectivity index (χ0n) is 11.8. The number of aliphatic hydroxyl groups is 1. The topological polar surface area (TPSA) is 78.8 Å². The number of rotatable bonds is 6. The third kappa shape index (κ3) is 3.29. The van der Waals surface area contributed by atoms with E-state index >= 15 is 0 Å². The van der Waals surface area contributed by atoms with Crippen LogP contribution >= 0.6 is 11.6 Å². The molecule has 7 heteroatoms. The normalized spacial score (nSPS) is 10.8. The van der Waals surface area contributed by atoms with Crippen LogP contribution in [0.4, 0.5) is 5.82 Å². The van der Waals surface area contributed by atoms with E-state index in [-0.39, 0.29) is 6.61 Å². The SMILES string of the molecule is OCCn1nc(-c2cccc(Cl)c2)cc1NCc1ccn[nH]1. The molecule has 114 valence electrons. The highest BCUT2D eigenvalue weighted by molar-refractivity contribution is 6.30. The van der Waals surface area contributed by atoms with Crippen molar-refractivity contribution in [3.8, 4) is 11.3 Å². The molecule has 22 heavy (non-hydrogen) atoms. The maximum atomic E-state index is 9.19. The molecule has 0 aliphatic heterocycles. The van der Waals surface area contributed by atoms with E-state index in [0.717, 1.165) is 22.8 Å². The van der Waals surface area contributed by atoms with Gasteiger partial charge in [-0.3, -0.25) is 5.10 Å². The van der Waals surface area contributed by atoms with Crippen LogP contribution in [0.15, 0.2) is 42.6 Å². The van der Waals surface area contributed by atoms with Gasteiger partial charge in [0.15, 0.2) is 0 Å². The summed E-state index contributed by atoms with van der Waals surface area (Å²) in [6.07, 6.45) is 1.71. The summed E-state index contributed by atoms with van der Waals surface area (Å²) in [6.45, 7) is 1.05. The number of hydrogen-bond acceptors (Lipinski definition) is 4. The van der Waals surface area contributed by atoms with Crippen molar-refractivity contribution < 1.29 is 5.11 Å². The predicted molar refractivity (Wildman–Crippen MR) is 85.7 cm³/mol. The minimum Gasteiger partial charge on any atom is -0.394 e. The molecule has 0 amide bonds. The molecular weight excluding hydrogens is 302 g/mol. The Morgan fingerprint density at radius 3 is 2.91 bits per heavy atom. The lowest BCUT2D eigenvalue weighted by molar-refractivity contribution is 0.270. The summed E-state index contributed by atoms with van der Waals surface area (Å²) in [6, 6.07) is 11.4. The van der Waals surface area contributed by atoms with Gasteiger partial charge in [0.1, 0.15) is 5.82 Å². The van der Waals surface area contributed by atoms with Crippen molar-refractivity contribution >= 4 is 17.4 Å². The second-order valence-electron chi connectivity index (χ2n) is 4.81. The highest BCUT2D eigenvalue weighted by Gasteiger charge is 2.10. The summed E-state index contributed by atoms with van der Waals surface area (Å²) in [4.78, 5) is 0. The van der Waals surface area contributed by atoms with Gasteiger partial charge >= 0.3 is 0 Å². The van der Waals surface area contributed by atoms with Crippen LogP contribution in [-0.4, -0.2) is 31.7 Å². The fraction of sp³-hybridized carbons (Fsp3) is 0.200. The van der Waals surface area contributed by atoms with Crippen molar-refractivity contribution in [2.75, 3.05) is 11.9 Å². The molecule has 0 bridgehead atoms. The Morgan fingerprint density at radius 1 is 1.27 bits per heavy atom. The smallest absolute Gasteiger partial charge is 0.125 e. The molecule has 0 saturated carbocycles. The van der Waals surface area contributed by atoms with E-state index in [2.05, 4.69) is 20.6 Å². The number of H-pyrrole nitrogens is 1. The molecule has 3 N–H and O–H groups in total. The maximum absolute atomic E-state index is 9.19. The van der Waals surface area contributed by atoms with E-state index in [4.69, 9.17) is 11.6 Å². The fourth-order valence-electron chi connectivity index (χ4n) is 2.18. The maximum Gasteiger partial charge on any atom is 0.125 e. The van der Waals surface area contributed by atoms with Crippen molar-refractivity contribution in [3.63, 3.8) is 0 Å². The Labute approximate surface area is 132 Å². The van der Waals surface area contributed by atoms with Gasteiger partial charge in [-0.15, -0.1) is 0 Å². The van der Waals surface area contributed by atoms with Crippen LogP contribution in [0.2, 0.25) is 5.02 Å². The Hall–Kier alpha value is -2.31. The first-order chi connectivity index (χ1) is 10.8. The largest absolute Gasteiger partial charge is 0.394 e. The quantitative estimate of drug-likeness (QED) is 0.653. The molecule has 0 fully saturated rings. The lowest BCUT2D eigenvalue weighted by atomic mass is 10.1. The molecular formula is C15H16ClN5O. The summed E-state index contributed by atoms with van der Waals surface area (Å²) < 4.78 is 1.74. The van der Waals surface area contributed by atoms with Crippen LogP contribution in [0.25, 0.3) is 11.3 Å². The van der Waals surface area contributed by atoms with Gasteiger partial charge in [-0.1, -0.05) is 23.7 Å². The Bertz CT molecular complexity index is 738. The van der Waals surface area contributed by atoms with E-state index in [1.165, 1.54) is 0 Å². The van der Waals surface area contributed by atoms with Gasteiger partial charge in [-0.05, 0) is 18.2 Å². The van der Waals surface area contributed by atoms with Gasteiger partial charge in [0.25, 0.3) is 0 Å². The van der Waals surface area contributed by atoms with Crippen LogP contribution < -0.4 is 5.32 Å². The van der Waals surface area contributed by atoms with Crippen LogP contribution in [0.5, 0.6) is 0 Å². The number of aromatic amines is 1. The minimum absolute atomic E-state index is 0.0232. The van der Waals surface area contributed by atoms with E-state index in [0.29, 0.717) is 18.1 Å². The Balaban J connectivity index is 1.85. The van der Waals surface area contributed by atoms with Crippen molar-refractivity contribution in [2.24, 2.45) is 0 Å². The average molecular weight is 318 g/mol. The van der Waals surface area contributed by atoms with Gasteiger partial charge in [-0.25, -0.2) is 4.68 Å². The first kappa shape index (κ1) is 14.6. The van der Waals surface area contributed by atoms with E-state index in [1.54, 1.807) is 10.9 Å². The lowest BCUT2D eigenvalue weighted by Crippen LogP contribution is -2.10. The van der Waals surface area contributed by atoms with Crippen molar-refractivity contribution in [3.05, 3.63) is 53.3 Å². The van der Waals surface area contributed by atoms with Crippen LogP contribution in [0.1, 0.15) is 5.69 Å². The number of nitrogens with zero attached hydrogens (tertiary/aromatic N) is 3. The summed E-state index contributed by atoms with van der Waals surface area (Å²) in [7, 11) is 0. The van der Waals surface area contributed by atoms with Gasteiger partial charge in [0.2, 0.25) is 0 Å². The highest BCUT2D eigenvalue weighted by Crippen LogP contribution is 2.24. The number of halogens is 1. The number of anilines is 1. The zero-order valence-corrected chi connectivity index (χ0v) is 12.6. The molecule has 0 unspecified atom stereocenters. The van der Waals surface area contributed by atoms with Gasteiger partial charge in [-0.2, -0.15) is 10.2 Å². The molecule has 0 radical (unpaired) electrons. The standard InChI is InChI=1S/C15H16ClN5O/c16-12-3-1-2-11(8-12)14-9-15(21(20-14)6-7-22)17-10-13-4-5-18-19-13/h1-5,8-9,17,22H,6-7,10H2,(H,18,19). The molecule has 0 atom stereocenters. The number of aliphatic hydroxyl groups excluding tert-OH is 1. The van der Waals surface area contributed by atoms with Gasteiger partial charge < -0.3 is 10.4 Å². The summed E-state index contributed by atoms with van der Waals surface area (Å²) in [5, 5.41) is 24.5. The lowest BCUT2D eigenvalue weighted by Gasteiger charge is -2.07. The molecule has 2 heterocycles. The summed E-state index contributed by atoms with van der Waals surface area (Å²) in [5.74, 6) is 0.832. The average Bonchev–Trinajstić information content (AvgIpc) is 3.15. The van der Waals surface area contributed by atoms with Crippen molar-refractivity contribution in [2.45, 2.75) is 13.1 Å². The van der Waals surface area contributed by atoms with Gasteiger partial charge in [0.05, 0.1) is 31.1 Å². The minimum atomic E-state index is 0.0232. The molecule has 3 rings (SSSR count). The van der Waals surface area contributed by atoms with Gasteiger partial charge in [0, 0.05) is 22.8 Å². The summed E-state index contributed by atoms with van der Waals surface area (Å²) >= 11 is 6.03. The first-order valence-corrected chi connectivity index (χ1v) is 7.31. The molecule has 0 saturated heterocycles. The summed E-state index contributed by atoms with van der Waals surface area (Å²) in [5.41, 5.74) is 2.72. The van der Waals surface area contributed by atoms with E-state index in [1.807, 2.05) is 36.4 Å². The third-order valence-corrected chi connectivity index (χ3v) is 3.47. The second-order valence-corrected chi connectivity index (χ2v) is 5.24. The van der Waals surface area contributed by atoms with E-state index in [9.17, 15) is 5.11 Å². The Morgan fingerprint density at radius 2 is 2.18 bits per heavy atom. The van der Waals surface area contributed by atoms with Crippen LogP contribution in [-0.2, 0) is 13.1 Å². The number of nitrogens with one attached hydrogen (secondary N) is 2. The molecule has 3 aromatic rings. The van der Waals surface area contributed by atoms with Crippen LogP contribution in [0.3, 0.4) is 0 Å². The number of aromatic nitrogens is 4.